The van der Waals surface area contributed by atoms with Gasteiger partial charge in [0.15, 0.2) is 0 Å². The van der Waals surface area contributed by atoms with E-state index < -0.39 is 0 Å². The largest absolute Gasteiger partial charge is 0.354 e. The van der Waals surface area contributed by atoms with Gasteiger partial charge in [-0.1, -0.05) is 6.92 Å². The van der Waals surface area contributed by atoms with Crippen LogP contribution in [0.25, 0.3) is 0 Å². The van der Waals surface area contributed by atoms with E-state index in [4.69, 9.17) is 0 Å². The molecule has 2 heterocycles. The Bertz CT molecular complexity index is 381. The van der Waals surface area contributed by atoms with Crippen LogP contribution in [-0.2, 0) is 19.4 Å². The van der Waals surface area contributed by atoms with Gasteiger partial charge in [-0.2, -0.15) is 0 Å². The molecule has 0 fully saturated rings. The van der Waals surface area contributed by atoms with Gasteiger partial charge < -0.3 is 9.88 Å². The summed E-state index contributed by atoms with van der Waals surface area (Å²) in [5, 5.41) is 2.65. The van der Waals surface area contributed by atoms with Crippen LogP contribution in [0.15, 0.2) is 0 Å². The zero-order valence-electron chi connectivity index (χ0n) is 9.34. The molecule has 0 aliphatic carbocycles. The van der Waals surface area contributed by atoms with Crippen LogP contribution in [0.4, 0.5) is 0 Å². The molecule has 1 aromatic rings. The van der Waals surface area contributed by atoms with E-state index in [-0.39, 0.29) is 5.91 Å². The summed E-state index contributed by atoms with van der Waals surface area (Å²) in [6.45, 7) is 3.10. The van der Waals surface area contributed by atoms with Gasteiger partial charge in [-0.05, 0) is 19.3 Å². The lowest BCUT2D eigenvalue weighted by Crippen LogP contribution is -2.21. The molecule has 0 unspecified atom stereocenters. The van der Waals surface area contributed by atoms with Crippen molar-refractivity contribution in [1.82, 2.24) is 14.9 Å². The highest BCUT2D eigenvalue weighted by molar-refractivity contribution is 5.93. The van der Waals surface area contributed by atoms with Crippen molar-refractivity contribution in [3.8, 4) is 0 Å². The molecule has 0 atom stereocenters. The van der Waals surface area contributed by atoms with Crippen molar-refractivity contribution in [2.75, 3.05) is 7.05 Å². The Morgan fingerprint density at radius 2 is 2.33 bits per heavy atom. The van der Waals surface area contributed by atoms with Crippen LogP contribution >= 0.6 is 0 Å². The fraction of sp³-hybridized carbons (Fsp3) is 0.636. The van der Waals surface area contributed by atoms with E-state index in [1.54, 1.807) is 7.05 Å². The van der Waals surface area contributed by atoms with E-state index in [1.807, 2.05) is 0 Å². The van der Waals surface area contributed by atoms with Crippen molar-refractivity contribution in [1.29, 1.82) is 0 Å². The first-order chi connectivity index (χ1) is 7.27. The first-order valence-corrected chi connectivity index (χ1v) is 5.58. The molecule has 4 heteroatoms. The summed E-state index contributed by atoms with van der Waals surface area (Å²) in [5.74, 6) is 0.989. The number of carbonyl (C=O) groups is 1. The number of aromatic nitrogens is 2. The van der Waals surface area contributed by atoms with Gasteiger partial charge in [0.05, 0.1) is 5.69 Å². The monoisotopic (exact) mass is 207 g/mol. The SMILES string of the molecule is CCc1nc(C(=O)NC)c2n1CCCC2. The van der Waals surface area contributed by atoms with Gasteiger partial charge in [-0.15, -0.1) is 0 Å². The minimum Gasteiger partial charge on any atom is -0.354 e. The van der Waals surface area contributed by atoms with Gasteiger partial charge in [0, 0.05) is 20.0 Å². The predicted molar refractivity (Wildman–Crippen MR) is 57.9 cm³/mol. The molecule has 0 saturated heterocycles. The van der Waals surface area contributed by atoms with Gasteiger partial charge in [-0.3, -0.25) is 4.79 Å². The Morgan fingerprint density at radius 3 is 3.00 bits per heavy atom. The molecular formula is C11H17N3O. The van der Waals surface area contributed by atoms with Crippen LogP contribution < -0.4 is 5.32 Å². The Morgan fingerprint density at radius 1 is 1.53 bits per heavy atom. The molecule has 1 amide bonds. The van der Waals surface area contributed by atoms with Crippen LogP contribution in [0.2, 0.25) is 0 Å². The Kier molecular flexibility index (Phi) is 2.75. The molecule has 1 N–H and O–H groups in total. The summed E-state index contributed by atoms with van der Waals surface area (Å²) in [7, 11) is 1.66. The molecule has 0 saturated carbocycles. The topological polar surface area (TPSA) is 46.9 Å². The lowest BCUT2D eigenvalue weighted by molar-refractivity contribution is 0.0957. The zero-order valence-corrected chi connectivity index (χ0v) is 9.34. The normalized spacial score (nSPS) is 14.8. The number of nitrogens with one attached hydrogen (secondary N) is 1. The van der Waals surface area contributed by atoms with Gasteiger partial charge >= 0.3 is 0 Å². The van der Waals surface area contributed by atoms with Gasteiger partial charge in [0.25, 0.3) is 5.91 Å². The van der Waals surface area contributed by atoms with E-state index in [0.29, 0.717) is 5.69 Å². The Labute approximate surface area is 89.7 Å². The van der Waals surface area contributed by atoms with Gasteiger partial charge in [-0.25, -0.2) is 4.98 Å². The standard InChI is InChI=1S/C11H17N3O/c1-3-9-13-10(11(15)12-2)8-6-4-5-7-14(8)9/h3-7H2,1-2H3,(H,12,15). The van der Waals surface area contributed by atoms with Crippen molar-refractivity contribution in [2.45, 2.75) is 39.2 Å². The Balaban J connectivity index is 2.46. The van der Waals surface area contributed by atoms with Crippen LogP contribution in [0, 0.1) is 0 Å². The molecule has 0 radical (unpaired) electrons. The van der Waals surface area contributed by atoms with E-state index in [0.717, 1.165) is 30.9 Å². The van der Waals surface area contributed by atoms with Crippen LogP contribution in [0.3, 0.4) is 0 Å². The minimum atomic E-state index is -0.0552. The first kappa shape index (κ1) is 10.2. The van der Waals surface area contributed by atoms with Crippen LogP contribution in [-0.4, -0.2) is 22.5 Å². The van der Waals surface area contributed by atoms with Crippen molar-refractivity contribution >= 4 is 5.91 Å². The summed E-state index contributed by atoms with van der Waals surface area (Å²) >= 11 is 0. The molecule has 1 aromatic heterocycles. The fourth-order valence-corrected chi connectivity index (χ4v) is 2.19. The molecule has 4 nitrogen and oxygen atoms in total. The molecule has 1 aliphatic rings. The maximum Gasteiger partial charge on any atom is 0.271 e. The second kappa shape index (κ2) is 4.04. The molecule has 2 rings (SSSR count). The third-order valence-corrected chi connectivity index (χ3v) is 2.96. The van der Waals surface area contributed by atoms with Crippen LogP contribution in [0.1, 0.15) is 41.8 Å². The Hall–Kier alpha value is -1.32. The zero-order chi connectivity index (χ0) is 10.8. The number of rotatable bonds is 2. The number of amides is 1. The number of hydrogen-bond donors (Lipinski definition) is 1. The lowest BCUT2D eigenvalue weighted by atomic mass is 10.1. The summed E-state index contributed by atoms with van der Waals surface area (Å²) in [5.41, 5.74) is 1.76. The molecule has 0 aromatic carbocycles. The lowest BCUT2D eigenvalue weighted by Gasteiger charge is -2.16. The second-order valence-electron chi connectivity index (χ2n) is 3.86. The maximum absolute atomic E-state index is 11.6. The van der Waals surface area contributed by atoms with Crippen molar-refractivity contribution in [3.63, 3.8) is 0 Å². The molecule has 82 valence electrons. The molecule has 15 heavy (non-hydrogen) atoms. The second-order valence-corrected chi connectivity index (χ2v) is 3.86. The van der Waals surface area contributed by atoms with E-state index in [9.17, 15) is 4.79 Å². The summed E-state index contributed by atoms with van der Waals surface area (Å²) < 4.78 is 2.22. The minimum absolute atomic E-state index is 0.0552. The van der Waals surface area contributed by atoms with Crippen molar-refractivity contribution in [3.05, 3.63) is 17.2 Å². The van der Waals surface area contributed by atoms with Gasteiger partial charge in [0.2, 0.25) is 0 Å². The average Bonchev–Trinajstić information content (AvgIpc) is 2.67. The number of hydrogen-bond acceptors (Lipinski definition) is 2. The van der Waals surface area contributed by atoms with Crippen molar-refractivity contribution in [2.24, 2.45) is 0 Å². The number of imidazole rings is 1. The number of aryl methyl sites for hydroxylation is 1. The molecule has 1 aliphatic heterocycles. The van der Waals surface area contributed by atoms with Gasteiger partial charge in [0.1, 0.15) is 11.5 Å². The number of nitrogens with zero attached hydrogens (tertiary/aromatic N) is 2. The third-order valence-electron chi connectivity index (χ3n) is 2.96. The highest BCUT2D eigenvalue weighted by Gasteiger charge is 2.22. The quantitative estimate of drug-likeness (QED) is 0.790. The molecule has 0 spiro atoms. The average molecular weight is 207 g/mol. The van der Waals surface area contributed by atoms with Crippen molar-refractivity contribution < 1.29 is 4.79 Å². The summed E-state index contributed by atoms with van der Waals surface area (Å²) in [4.78, 5) is 16.1. The fourth-order valence-electron chi connectivity index (χ4n) is 2.19. The predicted octanol–water partition coefficient (Wildman–Crippen LogP) is 1.14. The maximum atomic E-state index is 11.6. The summed E-state index contributed by atoms with van der Waals surface area (Å²) in [6.07, 6.45) is 4.24. The van der Waals surface area contributed by atoms with E-state index >= 15 is 0 Å². The summed E-state index contributed by atoms with van der Waals surface area (Å²) in [6, 6.07) is 0. The highest BCUT2D eigenvalue weighted by atomic mass is 16.1. The third kappa shape index (κ3) is 1.64. The van der Waals surface area contributed by atoms with Crippen LogP contribution in [0.5, 0.6) is 0 Å². The molecule has 0 bridgehead atoms. The highest BCUT2D eigenvalue weighted by Crippen LogP contribution is 2.21. The molecular weight excluding hydrogens is 190 g/mol. The number of carbonyl (C=O) groups excluding carboxylic acids is 1. The first-order valence-electron chi connectivity index (χ1n) is 5.58. The smallest absolute Gasteiger partial charge is 0.271 e. The van der Waals surface area contributed by atoms with E-state index in [2.05, 4.69) is 21.8 Å². The number of fused-ring (bicyclic) bond motifs is 1. The van der Waals surface area contributed by atoms with E-state index in [1.165, 1.54) is 12.8 Å².